The van der Waals surface area contributed by atoms with Gasteiger partial charge in [0, 0.05) is 5.56 Å². The van der Waals surface area contributed by atoms with E-state index in [9.17, 15) is 14.4 Å². The van der Waals surface area contributed by atoms with Gasteiger partial charge in [-0.1, -0.05) is 31.2 Å². The molecular formula is C12H12O4. The third-order valence-corrected chi connectivity index (χ3v) is 2.41. The number of carboxylic acids is 1. The zero-order valence-electron chi connectivity index (χ0n) is 8.84. The molecule has 0 saturated carbocycles. The predicted octanol–water partition coefficient (Wildman–Crippen LogP) is 1.65. The smallest absolute Gasteiger partial charge is 0.310 e. The lowest BCUT2D eigenvalue weighted by atomic mass is 9.95. The minimum absolute atomic E-state index is 0.240. The molecule has 0 aromatic heterocycles. The maximum Gasteiger partial charge on any atom is 0.310 e. The predicted molar refractivity (Wildman–Crippen MR) is 57.5 cm³/mol. The Morgan fingerprint density at radius 3 is 2.25 bits per heavy atom. The lowest BCUT2D eigenvalue weighted by Gasteiger charge is -2.09. The average molecular weight is 220 g/mol. The summed E-state index contributed by atoms with van der Waals surface area (Å²) in [5.41, 5.74) is 0.913. The lowest BCUT2D eigenvalue weighted by Crippen LogP contribution is -2.10. The Labute approximate surface area is 92.9 Å². The number of Topliss-reactive ketones (excluding diaryl/α,β-unsaturated/α-hetero) is 1. The maximum absolute atomic E-state index is 11.0. The van der Waals surface area contributed by atoms with E-state index in [1.165, 1.54) is 12.1 Å². The first-order valence-corrected chi connectivity index (χ1v) is 4.92. The number of carbonyl (C=O) groups is 3. The van der Waals surface area contributed by atoms with Crippen LogP contribution in [0.3, 0.4) is 0 Å². The first kappa shape index (κ1) is 12.1. The molecule has 0 spiro atoms. The highest BCUT2D eigenvalue weighted by Crippen LogP contribution is 2.20. The summed E-state index contributed by atoms with van der Waals surface area (Å²) in [5, 5.41) is 8.93. The number of aldehydes is 1. The summed E-state index contributed by atoms with van der Waals surface area (Å²) >= 11 is 0. The number of rotatable bonds is 5. The van der Waals surface area contributed by atoms with Crippen LogP contribution in [0.1, 0.15) is 35.2 Å². The van der Waals surface area contributed by atoms with Crippen molar-refractivity contribution in [1.29, 1.82) is 0 Å². The van der Waals surface area contributed by atoms with Crippen molar-refractivity contribution in [3.8, 4) is 0 Å². The summed E-state index contributed by atoms with van der Waals surface area (Å²) in [6.07, 6.45) is 0.722. The van der Waals surface area contributed by atoms with Crippen LogP contribution < -0.4 is 0 Å². The molecule has 1 rings (SSSR count). The molecule has 0 amide bonds. The number of hydrogen-bond donors (Lipinski definition) is 1. The van der Waals surface area contributed by atoms with E-state index in [0.29, 0.717) is 12.0 Å². The van der Waals surface area contributed by atoms with E-state index in [1.54, 1.807) is 19.1 Å². The summed E-state index contributed by atoms with van der Waals surface area (Å²) in [5.74, 6) is -2.06. The standard InChI is InChI=1S/C12H12O4/c1-2-10(12(15)16)8-3-5-9(6-4-8)11(14)7-13/h3-7,10H,2H2,1H3,(H,15,16). The minimum atomic E-state index is -0.892. The van der Waals surface area contributed by atoms with Crippen LogP contribution in [0.25, 0.3) is 0 Å². The Hall–Kier alpha value is -1.97. The van der Waals surface area contributed by atoms with Crippen molar-refractivity contribution < 1.29 is 19.5 Å². The Morgan fingerprint density at radius 1 is 1.31 bits per heavy atom. The molecule has 0 aliphatic heterocycles. The number of hydrogen-bond acceptors (Lipinski definition) is 3. The van der Waals surface area contributed by atoms with Gasteiger partial charge in [-0.2, -0.15) is 0 Å². The fourth-order valence-electron chi connectivity index (χ4n) is 1.50. The van der Waals surface area contributed by atoms with E-state index < -0.39 is 17.7 Å². The highest BCUT2D eigenvalue weighted by Gasteiger charge is 2.17. The van der Waals surface area contributed by atoms with Crippen molar-refractivity contribution in [3.63, 3.8) is 0 Å². The second-order valence-corrected chi connectivity index (χ2v) is 3.40. The molecule has 0 bridgehead atoms. The van der Waals surface area contributed by atoms with Gasteiger partial charge in [0.15, 0.2) is 6.29 Å². The molecule has 84 valence electrons. The molecule has 1 unspecified atom stereocenters. The van der Waals surface area contributed by atoms with Gasteiger partial charge in [-0.25, -0.2) is 0 Å². The van der Waals surface area contributed by atoms with E-state index in [4.69, 9.17) is 5.11 Å². The first-order chi connectivity index (χ1) is 7.60. The van der Waals surface area contributed by atoms with Crippen LogP contribution >= 0.6 is 0 Å². The van der Waals surface area contributed by atoms with Crippen molar-refractivity contribution in [2.24, 2.45) is 0 Å². The molecule has 1 atom stereocenters. The Morgan fingerprint density at radius 2 is 1.88 bits per heavy atom. The van der Waals surface area contributed by atoms with Gasteiger partial charge in [-0.05, 0) is 12.0 Å². The summed E-state index contributed by atoms with van der Waals surface area (Å²) < 4.78 is 0. The summed E-state index contributed by atoms with van der Waals surface area (Å²) in [7, 11) is 0. The SMILES string of the molecule is CCC(C(=O)O)c1ccc(C(=O)C=O)cc1. The molecule has 0 saturated heterocycles. The quantitative estimate of drug-likeness (QED) is 0.465. The van der Waals surface area contributed by atoms with Crippen molar-refractivity contribution >= 4 is 18.0 Å². The maximum atomic E-state index is 11.0. The molecule has 0 fully saturated rings. The highest BCUT2D eigenvalue weighted by atomic mass is 16.4. The summed E-state index contributed by atoms with van der Waals surface area (Å²) in [6, 6.07) is 6.08. The van der Waals surface area contributed by atoms with Crippen molar-refractivity contribution in [2.75, 3.05) is 0 Å². The summed E-state index contributed by atoms with van der Waals surface area (Å²) in [6.45, 7) is 1.78. The Balaban J connectivity index is 2.97. The molecule has 4 heteroatoms. The molecule has 0 aliphatic carbocycles. The molecule has 4 nitrogen and oxygen atoms in total. The van der Waals surface area contributed by atoms with Crippen LogP contribution in [0.4, 0.5) is 0 Å². The van der Waals surface area contributed by atoms with Gasteiger partial charge >= 0.3 is 5.97 Å². The van der Waals surface area contributed by atoms with Crippen molar-refractivity contribution in [3.05, 3.63) is 35.4 Å². The van der Waals surface area contributed by atoms with Gasteiger partial charge < -0.3 is 5.11 Å². The van der Waals surface area contributed by atoms with Crippen molar-refractivity contribution in [2.45, 2.75) is 19.3 Å². The van der Waals surface area contributed by atoms with E-state index >= 15 is 0 Å². The molecule has 0 heterocycles. The van der Waals surface area contributed by atoms with E-state index in [0.717, 1.165) is 0 Å². The molecule has 1 aromatic carbocycles. The van der Waals surface area contributed by atoms with Crippen LogP contribution in [0, 0.1) is 0 Å². The molecular weight excluding hydrogens is 208 g/mol. The zero-order valence-corrected chi connectivity index (χ0v) is 8.84. The number of carbonyl (C=O) groups excluding carboxylic acids is 2. The van der Waals surface area contributed by atoms with Gasteiger partial charge in [0.1, 0.15) is 0 Å². The number of benzene rings is 1. The normalized spacial score (nSPS) is 11.8. The molecule has 1 N–H and O–H groups in total. The van der Waals surface area contributed by atoms with Crippen LogP contribution in [-0.2, 0) is 9.59 Å². The monoisotopic (exact) mass is 220 g/mol. The molecule has 16 heavy (non-hydrogen) atoms. The number of aliphatic carboxylic acids is 1. The van der Waals surface area contributed by atoms with Gasteiger partial charge in [0.25, 0.3) is 0 Å². The minimum Gasteiger partial charge on any atom is -0.481 e. The van der Waals surface area contributed by atoms with Crippen LogP contribution in [0.2, 0.25) is 0 Å². The molecule has 0 aliphatic rings. The third kappa shape index (κ3) is 2.53. The van der Waals surface area contributed by atoms with Crippen LogP contribution in [0.15, 0.2) is 24.3 Å². The van der Waals surface area contributed by atoms with Gasteiger partial charge in [0.05, 0.1) is 5.92 Å². The third-order valence-electron chi connectivity index (χ3n) is 2.41. The number of carboxylic acid groups (broad SMARTS) is 1. The molecule has 0 radical (unpaired) electrons. The second kappa shape index (κ2) is 5.21. The Bertz CT molecular complexity index is 406. The molecule has 1 aromatic rings. The summed E-state index contributed by atoms with van der Waals surface area (Å²) in [4.78, 5) is 32.1. The Kier molecular flexibility index (Phi) is 3.94. The lowest BCUT2D eigenvalue weighted by molar-refractivity contribution is -0.138. The first-order valence-electron chi connectivity index (χ1n) is 4.92. The van der Waals surface area contributed by atoms with E-state index in [2.05, 4.69) is 0 Å². The largest absolute Gasteiger partial charge is 0.481 e. The van der Waals surface area contributed by atoms with E-state index in [1.807, 2.05) is 0 Å². The van der Waals surface area contributed by atoms with Crippen LogP contribution in [0.5, 0.6) is 0 Å². The highest BCUT2D eigenvalue weighted by molar-refractivity contribution is 6.33. The van der Waals surface area contributed by atoms with Crippen LogP contribution in [-0.4, -0.2) is 23.1 Å². The fraction of sp³-hybridized carbons (Fsp3) is 0.250. The second-order valence-electron chi connectivity index (χ2n) is 3.40. The van der Waals surface area contributed by atoms with Crippen molar-refractivity contribution in [1.82, 2.24) is 0 Å². The number of ketones is 1. The van der Waals surface area contributed by atoms with Gasteiger partial charge in [-0.15, -0.1) is 0 Å². The fourth-order valence-corrected chi connectivity index (χ4v) is 1.50. The zero-order chi connectivity index (χ0) is 12.1. The van der Waals surface area contributed by atoms with Gasteiger partial charge in [-0.3, -0.25) is 14.4 Å². The van der Waals surface area contributed by atoms with Gasteiger partial charge in [0.2, 0.25) is 5.78 Å². The topological polar surface area (TPSA) is 71.4 Å². The van der Waals surface area contributed by atoms with E-state index in [-0.39, 0.29) is 11.8 Å². The average Bonchev–Trinajstić information content (AvgIpc) is 2.29.